The van der Waals surface area contributed by atoms with Gasteiger partial charge in [-0.15, -0.1) is 0 Å². The molecule has 0 bridgehead atoms. The molecule has 0 saturated carbocycles. The smallest absolute Gasteiger partial charge is 0.160 e. The molecule has 0 aliphatic heterocycles. The highest BCUT2D eigenvalue weighted by atomic mass is 16.3. The summed E-state index contributed by atoms with van der Waals surface area (Å²) in [5.41, 5.74) is 23.8. The topological polar surface area (TPSA) is 39.2 Å². The van der Waals surface area contributed by atoms with Crippen molar-refractivity contribution in [2.45, 2.75) is 0 Å². The minimum atomic E-state index is 0.741. The summed E-state index contributed by atoms with van der Waals surface area (Å²) in [4.78, 5) is 9.35. The Morgan fingerprint density at radius 2 is 0.370 bits per heavy atom. The van der Waals surface area contributed by atoms with Crippen LogP contribution in [0.25, 0.3) is 99.2 Å². The third kappa shape index (κ3) is 10.9. The fraction of sp³-hybridized carbons (Fsp3) is 0. The molecule has 0 N–H and O–H groups in total. The normalized spacial score (nSPS) is 11.4. The lowest BCUT2D eigenvalue weighted by Gasteiger charge is -2.28. The van der Waals surface area contributed by atoms with E-state index in [1.807, 2.05) is 0 Å². The molecule has 2 heterocycles. The van der Waals surface area contributed by atoms with Crippen molar-refractivity contribution in [2.75, 3.05) is 19.6 Å². The molecule has 2 aromatic heterocycles. The lowest BCUT2D eigenvalue weighted by Crippen LogP contribution is -2.11. The minimum Gasteiger partial charge on any atom is -0.454 e. The first-order valence-corrected chi connectivity index (χ1v) is 34.0. The van der Waals surface area contributed by atoms with E-state index in [1.54, 1.807) is 0 Å². The zero-order valence-corrected chi connectivity index (χ0v) is 54.6. The maximum absolute atomic E-state index is 7.70. The quantitative estimate of drug-likeness (QED) is 0.0960. The van der Waals surface area contributed by atoms with Crippen LogP contribution in [0.5, 0.6) is 0 Å². The molecule has 472 valence electrons. The molecule has 6 heteroatoms. The van der Waals surface area contributed by atoms with Crippen molar-refractivity contribution < 1.29 is 8.83 Å². The van der Waals surface area contributed by atoms with E-state index >= 15 is 0 Å². The summed E-state index contributed by atoms with van der Waals surface area (Å²) in [6, 6.07) is 139. The molecule has 16 aromatic carbocycles. The van der Waals surface area contributed by atoms with E-state index in [4.69, 9.17) is 8.83 Å². The van der Waals surface area contributed by atoms with Gasteiger partial charge in [-0.1, -0.05) is 243 Å². The molecule has 0 saturated heterocycles. The largest absolute Gasteiger partial charge is 0.454 e. The van der Waals surface area contributed by atoms with Crippen LogP contribution in [0, 0.1) is 0 Å². The summed E-state index contributed by atoms with van der Waals surface area (Å²) < 4.78 is 15.4. The summed E-state index contributed by atoms with van der Waals surface area (Å²) in [5, 5.41) is 5.92. The molecule has 0 unspecified atom stereocenters. The van der Waals surface area contributed by atoms with Crippen LogP contribution < -0.4 is 19.6 Å². The highest BCUT2D eigenvalue weighted by Gasteiger charge is 2.29. The summed E-state index contributed by atoms with van der Waals surface area (Å²) in [5.74, 6) is 0. The molecule has 0 fully saturated rings. The predicted octanol–water partition coefficient (Wildman–Crippen LogP) is 27.2. The average Bonchev–Trinajstić information content (AvgIpc) is 1.49. The van der Waals surface area contributed by atoms with Gasteiger partial charge >= 0.3 is 0 Å². The van der Waals surface area contributed by atoms with Gasteiger partial charge in [0.15, 0.2) is 11.2 Å². The van der Waals surface area contributed by atoms with Crippen LogP contribution in [0.2, 0.25) is 0 Å². The highest BCUT2D eigenvalue weighted by Crippen LogP contribution is 2.54. The number of furan rings is 2. The number of hydrogen-bond donors (Lipinski definition) is 0. The molecule has 0 spiro atoms. The predicted molar refractivity (Wildman–Crippen MR) is 419 cm³/mol. The highest BCUT2D eigenvalue weighted by molar-refractivity contribution is 6.32. The second kappa shape index (κ2) is 25.6. The Morgan fingerprint density at radius 1 is 0.160 bits per heavy atom. The second-order valence-electron chi connectivity index (χ2n) is 25.2. The van der Waals surface area contributed by atoms with E-state index in [-0.39, 0.29) is 0 Å². The Labute approximate surface area is 580 Å². The van der Waals surface area contributed by atoms with Crippen LogP contribution in [0.1, 0.15) is 0 Å². The maximum atomic E-state index is 7.70. The lowest BCUT2D eigenvalue weighted by atomic mass is 9.95. The van der Waals surface area contributed by atoms with Crippen LogP contribution in [-0.2, 0) is 0 Å². The first-order chi connectivity index (χ1) is 49.6. The number of anilines is 12. The van der Waals surface area contributed by atoms with Crippen LogP contribution in [-0.4, -0.2) is 0 Å². The maximum Gasteiger partial charge on any atom is 0.160 e. The zero-order valence-electron chi connectivity index (χ0n) is 54.6. The first-order valence-electron chi connectivity index (χ1n) is 34.0. The molecule has 6 nitrogen and oxygen atoms in total. The van der Waals surface area contributed by atoms with Crippen molar-refractivity contribution in [2.24, 2.45) is 0 Å². The average molecular weight is 1280 g/mol. The lowest BCUT2D eigenvalue weighted by molar-refractivity contribution is 0.668. The van der Waals surface area contributed by atoms with Gasteiger partial charge in [0, 0.05) is 90.6 Å². The third-order valence-electron chi connectivity index (χ3n) is 19.2. The molecule has 0 aliphatic carbocycles. The van der Waals surface area contributed by atoms with Crippen LogP contribution in [0.3, 0.4) is 0 Å². The fourth-order valence-corrected chi connectivity index (χ4v) is 14.4. The van der Waals surface area contributed by atoms with E-state index in [0.717, 1.165) is 156 Å². The molecular weight excluding hydrogens is 1220 g/mol. The van der Waals surface area contributed by atoms with Crippen LogP contribution in [0.4, 0.5) is 68.2 Å². The van der Waals surface area contributed by atoms with Crippen molar-refractivity contribution in [3.05, 3.63) is 388 Å². The molecule has 18 rings (SSSR count). The van der Waals surface area contributed by atoms with Gasteiger partial charge in [-0.2, -0.15) is 0 Å². The molecule has 0 amide bonds. The molecule has 0 radical (unpaired) electrons. The van der Waals surface area contributed by atoms with Crippen LogP contribution >= 0.6 is 0 Å². The van der Waals surface area contributed by atoms with Crippen LogP contribution in [0.15, 0.2) is 397 Å². The fourth-order valence-electron chi connectivity index (χ4n) is 14.4. The number of hydrogen-bond acceptors (Lipinski definition) is 6. The minimum absolute atomic E-state index is 0.741. The van der Waals surface area contributed by atoms with Gasteiger partial charge in [0.05, 0.1) is 11.4 Å². The monoisotopic (exact) mass is 1280 g/mol. The summed E-state index contributed by atoms with van der Waals surface area (Å²) >= 11 is 0. The molecule has 0 atom stereocenters. The van der Waals surface area contributed by atoms with Gasteiger partial charge in [-0.3, -0.25) is 0 Å². The summed E-state index contributed by atoms with van der Waals surface area (Å²) in [7, 11) is 0. The Bertz CT molecular complexity index is 5530. The van der Waals surface area contributed by atoms with Crippen molar-refractivity contribution in [1.29, 1.82) is 0 Å². The van der Waals surface area contributed by atoms with Crippen molar-refractivity contribution in [1.82, 2.24) is 0 Å². The summed E-state index contributed by atoms with van der Waals surface area (Å²) in [6.45, 7) is 0. The Morgan fingerprint density at radius 3 is 0.640 bits per heavy atom. The first kappa shape index (κ1) is 59.1. The molecule has 100 heavy (non-hydrogen) atoms. The van der Waals surface area contributed by atoms with E-state index in [2.05, 4.69) is 408 Å². The van der Waals surface area contributed by atoms with Gasteiger partial charge in [0.25, 0.3) is 0 Å². The number of para-hydroxylation sites is 4. The number of nitrogens with zero attached hydrogens (tertiary/aromatic N) is 4. The van der Waals surface area contributed by atoms with Gasteiger partial charge in [-0.05, 0) is 189 Å². The molecular formula is C94H64N4O2. The summed E-state index contributed by atoms with van der Waals surface area (Å²) in [6.07, 6.45) is 0. The zero-order chi connectivity index (χ0) is 66.3. The number of fused-ring (bicyclic) bond motifs is 9. The van der Waals surface area contributed by atoms with E-state index in [9.17, 15) is 0 Å². The van der Waals surface area contributed by atoms with Crippen molar-refractivity contribution in [3.63, 3.8) is 0 Å². The van der Waals surface area contributed by atoms with Gasteiger partial charge in [0.2, 0.25) is 0 Å². The Balaban J connectivity index is 0.920. The van der Waals surface area contributed by atoms with E-state index in [1.165, 1.54) is 11.1 Å². The molecule has 0 aliphatic rings. The number of rotatable bonds is 16. The van der Waals surface area contributed by atoms with Gasteiger partial charge in [0.1, 0.15) is 11.2 Å². The third-order valence-corrected chi connectivity index (χ3v) is 19.2. The standard InChI is InChI=1S/C94H64N4O2/c1-9-25-65(26-10-1)69-41-49-77(50-42-69)95(73-33-17-5-18-34-73)81-57-59-83-89(61-81)99-93-87(97(75-37-21-7-22-38-75)79-53-45-71(46-54-79)67-29-13-3-14-30-67)64-86-85(91(83)93)63-88(98(76-39-23-8-24-40-76)80-55-47-72(48-56-80)68-31-15-4-16-32-68)94-92(86)84-60-58-82(62-90(84)100-94)96(74-35-19-6-20-36-74)78-51-43-70(44-52-78)66-27-11-2-12-28-66/h1-64H. The number of benzene rings is 16. The van der Waals surface area contributed by atoms with Gasteiger partial charge < -0.3 is 28.4 Å². The molecule has 18 aromatic rings. The van der Waals surface area contributed by atoms with Crippen molar-refractivity contribution in [3.8, 4) is 44.5 Å². The SMILES string of the molecule is c1ccc(-c2ccc(N(c3ccccc3)c3ccc4c(c3)oc3c(N(c5ccccc5)c5ccc(-c6ccccc6)cc5)cc5c(cc(N(c6ccccc6)c6ccc(-c7ccccc7)cc6)c6oc7cc(N(c8ccccc8)c8ccc(-c9ccccc9)cc8)ccc7c65)c34)cc2)cc1. The Kier molecular flexibility index (Phi) is 15.1. The van der Waals surface area contributed by atoms with Crippen molar-refractivity contribution >= 4 is 123 Å². The second-order valence-corrected chi connectivity index (χ2v) is 25.2. The van der Waals surface area contributed by atoms with Gasteiger partial charge in [-0.25, -0.2) is 0 Å². The van der Waals surface area contributed by atoms with E-state index < -0.39 is 0 Å². The van der Waals surface area contributed by atoms with E-state index in [0.29, 0.717) is 0 Å². The Hall–Kier alpha value is -13.4.